The first-order valence-electron chi connectivity index (χ1n) is 12.5. The number of nitrogens with zero attached hydrogens (tertiary/aromatic N) is 3. The topological polar surface area (TPSA) is 134 Å². The van der Waals surface area contributed by atoms with E-state index in [0.29, 0.717) is 25.1 Å². The molecule has 0 bridgehead atoms. The summed E-state index contributed by atoms with van der Waals surface area (Å²) in [7, 11) is 5.21. The summed E-state index contributed by atoms with van der Waals surface area (Å²) in [5.41, 5.74) is 3.01. The van der Waals surface area contributed by atoms with Crippen LogP contribution in [0, 0.1) is 0 Å². The molecule has 0 spiro atoms. The van der Waals surface area contributed by atoms with E-state index >= 15 is 0 Å². The average molecular weight is 597 g/mol. The molecule has 2 amide bonds. The summed E-state index contributed by atoms with van der Waals surface area (Å²) in [6.07, 6.45) is -4.54. The highest BCUT2D eigenvalue weighted by atomic mass is 32.1. The van der Waals surface area contributed by atoms with Crippen LogP contribution in [0.2, 0.25) is 0 Å². The number of carboxylic acid groups (broad SMARTS) is 1. The fourth-order valence-electron chi connectivity index (χ4n) is 4.39. The van der Waals surface area contributed by atoms with Crippen molar-refractivity contribution >= 4 is 39.3 Å². The first-order valence-corrected chi connectivity index (χ1v) is 13.4. The van der Waals surface area contributed by atoms with Gasteiger partial charge in [-0.1, -0.05) is 29.5 Å². The number of aliphatic hydroxyl groups excluding tert-OH is 1. The van der Waals surface area contributed by atoms with Crippen LogP contribution in [0.5, 0.6) is 0 Å². The van der Waals surface area contributed by atoms with E-state index in [9.17, 15) is 32.7 Å². The van der Waals surface area contributed by atoms with Gasteiger partial charge < -0.3 is 25.0 Å². The number of rotatable bonds is 7. The molecule has 222 valence electrons. The number of aromatic nitrogens is 1. The van der Waals surface area contributed by atoms with Gasteiger partial charge in [0.2, 0.25) is 5.91 Å². The summed E-state index contributed by atoms with van der Waals surface area (Å²) < 4.78 is 32.6. The summed E-state index contributed by atoms with van der Waals surface area (Å²) in [6.45, 7) is 1.89. The molecule has 41 heavy (non-hydrogen) atoms. The number of hydrogen-bond donors (Lipinski definition) is 3. The van der Waals surface area contributed by atoms with Crippen LogP contribution in [0.1, 0.15) is 33.9 Å². The second-order valence-electron chi connectivity index (χ2n) is 9.87. The number of halogens is 3. The molecular formula is C27H31F3N4O6S. The molecule has 2 aromatic carbocycles. The van der Waals surface area contributed by atoms with Crippen LogP contribution < -0.4 is 4.87 Å². The Bertz CT molecular complexity index is 1450. The SMILES string of the molecule is CN(C)C(=O)c1cccc([C@@H](CN2CC[C@H](O)C2)N(C)C(=O)Cc2ccc3sc(=O)[nH]c3c2)c1.O=C(O)C(F)(F)F. The highest BCUT2D eigenvalue weighted by Gasteiger charge is 2.38. The lowest BCUT2D eigenvalue weighted by molar-refractivity contribution is -0.192. The van der Waals surface area contributed by atoms with Crippen LogP contribution in [0.25, 0.3) is 10.2 Å². The monoisotopic (exact) mass is 596 g/mol. The van der Waals surface area contributed by atoms with Crippen molar-refractivity contribution in [3.8, 4) is 0 Å². The number of likely N-dealkylation sites (tertiary alicyclic amines) is 1. The minimum Gasteiger partial charge on any atom is -0.475 e. The van der Waals surface area contributed by atoms with Crippen molar-refractivity contribution in [3.63, 3.8) is 0 Å². The van der Waals surface area contributed by atoms with Gasteiger partial charge in [-0.25, -0.2) is 4.79 Å². The molecule has 1 aromatic heterocycles. The van der Waals surface area contributed by atoms with Gasteiger partial charge in [0, 0.05) is 46.3 Å². The average Bonchev–Trinajstić information content (AvgIpc) is 3.49. The number of likely N-dealkylation sites (N-methyl/N-ethyl adjacent to an activating group) is 1. The number of aromatic amines is 1. The van der Waals surface area contributed by atoms with Crippen molar-refractivity contribution in [3.05, 3.63) is 68.8 Å². The number of benzene rings is 2. The van der Waals surface area contributed by atoms with Gasteiger partial charge in [-0.3, -0.25) is 19.3 Å². The predicted octanol–water partition coefficient (Wildman–Crippen LogP) is 2.73. The number of H-pyrrole nitrogens is 1. The Labute approximate surface area is 237 Å². The van der Waals surface area contributed by atoms with Crippen LogP contribution in [0.3, 0.4) is 0 Å². The van der Waals surface area contributed by atoms with Crippen molar-refractivity contribution in [2.45, 2.75) is 31.2 Å². The van der Waals surface area contributed by atoms with Gasteiger partial charge in [0.15, 0.2) is 0 Å². The van der Waals surface area contributed by atoms with Crippen LogP contribution in [0.4, 0.5) is 13.2 Å². The summed E-state index contributed by atoms with van der Waals surface area (Å²) in [5, 5.41) is 17.1. The molecule has 10 nitrogen and oxygen atoms in total. The Morgan fingerprint density at radius 2 is 1.83 bits per heavy atom. The molecule has 14 heteroatoms. The number of aliphatic carboxylic acids is 1. The third-order valence-electron chi connectivity index (χ3n) is 6.55. The van der Waals surface area contributed by atoms with Crippen LogP contribution in [-0.2, 0) is 16.0 Å². The molecular weight excluding hydrogens is 565 g/mol. The van der Waals surface area contributed by atoms with Crippen molar-refractivity contribution in [2.24, 2.45) is 0 Å². The maximum Gasteiger partial charge on any atom is 0.490 e. The zero-order valence-corrected chi connectivity index (χ0v) is 23.5. The van der Waals surface area contributed by atoms with Crippen molar-refractivity contribution in [2.75, 3.05) is 40.8 Å². The van der Waals surface area contributed by atoms with Gasteiger partial charge in [-0.05, 0) is 41.8 Å². The first kappa shape index (κ1) is 31.8. The van der Waals surface area contributed by atoms with Gasteiger partial charge >= 0.3 is 17.0 Å². The second kappa shape index (κ2) is 13.3. The van der Waals surface area contributed by atoms with E-state index in [1.54, 1.807) is 32.1 Å². The molecule has 1 aliphatic rings. The molecule has 0 saturated carbocycles. The molecule has 0 radical (unpaired) electrons. The van der Waals surface area contributed by atoms with E-state index in [-0.39, 0.29) is 35.3 Å². The van der Waals surface area contributed by atoms with E-state index in [0.717, 1.165) is 39.2 Å². The zero-order valence-electron chi connectivity index (χ0n) is 22.6. The van der Waals surface area contributed by atoms with Crippen molar-refractivity contribution in [1.29, 1.82) is 0 Å². The van der Waals surface area contributed by atoms with Crippen LogP contribution in [-0.4, -0.2) is 101 Å². The molecule has 2 heterocycles. The van der Waals surface area contributed by atoms with E-state index in [1.165, 1.54) is 4.90 Å². The van der Waals surface area contributed by atoms with Gasteiger partial charge in [-0.2, -0.15) is 13.2 Å². The van der Waals surface area contributed by atoms with E-state index in [2.05, 4.69) is 9.88 Å². The first-order chi connectivity index (χ1) is 19.1. The molecule has 4 rings (SSSR count). The minimum atomic E-state index is -5.08. The van der Waals surface area contributed by atoms with Gasteiger partial charge in [-0.15, -0.1) is 0 Å². The molecule has 3 N–H and O–H groups in total. The molecule has 3 aromatic rings. The Morgan fingerprint density at radius 1 is 1.15 bits per heavy atom. The summed E-state index contributed by atoms with van der Waals surface area (Å²) in [4.78, 5) is 54.5. The number of amides is 2. The van der Waals surface area contributed by atoms with Crippen molar-refractivity contribution in [1.82, 2.24) is 19.7 Å². The fraction of sp³-hybridized carbons (Fsp3) is 0.407. The number of nitrogens with one attached hydrogen (secondary N) is 1. The lowest BCUT2D eigenvalue weighted by Crippen LogP contribution is -2.39. The quantitative estimate of drug-likeness (QED) is 0.382. The third kappa shape index (κ3) is 8.62. The van der Waals surface area contributed by atoms with E-state index in [1.807, 2.05) is 36.4 Å². The lowest BCUT2D eigenvalue weighted by atomic mass is 10.0. The summed E-state index contributed by atoms with van der Waals surface area (Å²) in [6, 6.07) is 12.7. The highest BCUT2D eigenvalue weighted by Crippen LogP contribution is 2.26. The number of carboxylic acids is 1. The van der Waals surface area contributed by atoms with E-state index in [4.69, 9.17) is 9.90 Å². The maximum atomic E-state index is 13.3. The second-order valence-corrected chi connectivity index (χ2v) is 10.9. The van der Waals surface area contributed by atoms with Gasteiger partial charge in [0.1, 0.15) is 0 Å². The summed E-state index contributed by atoms with van der Waals surface area (Å²) in [5.74, 6) is -2.91. The number of alkyl halides is 3. The number of aliphatic hydroxyl groups is 1. The Morgan fingerprint density at radius 3 is 2.41 bits per heavy atom. The predicted molar refractivity (Wildman–Crippen MR) is 147 cm³/mol. The molecule has 0 unspecified atom stereocenters. The molecule has 1 fully saturated rings. The number of carbonyl (C=O) groups is 3. The fourth-order valence-corrected chi connectivity index (χ4v) is 5.11. The Balaban J connectivity index is 0.000000587. The number of thiazole rings is 1. The number of fused-ring (bicyclic) bond motifs is 1. The van der Waals surface area contributed by atoms with Gasteiger partial charge in [0.05, 0.1) is 28.8 Å². The normalized spacial score (nSPS) is 16.1. The number of carbonyl (C=O) groups excluding carboxylic acids is 2. The lowest BCUT2D eigenvalue weighted by Gasteiger charge is -2.32. The van der Waals surface area contributed by atoms with Crippen LogP contribution >= 0.6 is 11.3 Å². The third-order valence-corrected chi connectivity index (χ3v) is 7.41. The van der Waals surface area contributed by atoms with Crippen molar-refractivity contribution < 1.29 is 37.8 Å². The van der Waals surface area contributed by atoms with E-state index < -0.39 is 12.1 Å². The highest BCUT2D eigenvalue weighted by molar-refractivity contribution is 7.16. The zero-order chi connectivity index (χ0) is 30.5. The molecule has 0 aliphatic carbocycles. The largest absolute Gasteiger partial charge is 0.490 e. The number of β-amino-alcohol motifs (C(OH)–C–C–N with tert-alkyl or cyclic N) is 1. The molecule has 1 aliphatic heterocycles. The van der Waals surface area contributed by atoms with Crippen LogP contribution in [0.15, 0.2) is 47.3 Å². The Kier molecular flexibility index (Phi) is 10.3. The maximum absolute atomic E-state index is 13.3. The number of hydrogen-bond acceptors (Lipinski definition) is 7. The Hall–Kier alpha value is -3.75. The minimum absolute atomic E-state index is 0.0639. The summed E-state index contributed by atoms with van der Waals surface area (Å²) >= 11 is 1.15. The standard InChI is InChI=1S/C25H30N4O4S.C2HF3O2/c1-27(2)24(32)18-6-4-5-17(13-18)21(15-29-10-9-19(30)14-29)28(3)23(31)12-16-7-8-22-20(11-16)26-25(33)34-22;3-2(4,5)1(6)7/h4-8,11,13,19,21,30H,9-10,12,14-15H2,1-3H3,(H,26,33);(H,6,7)/t19-,21+;/m0./s1. The van der Waals surface area contributed by atoms with Gasteiger partial charge in [0.25, 0.3) is 5.91 Å². The molecule has 2 atom stereocenters. The molecule has 1 saturated heterocycles. The smallest absolute Gasteiger partial charge is 0.475 e.